The van der Waals surface area contributed by atoms with Crippen molar-refractivity contribution in [2.75, 3.05) is 14.2 Å². The van der Waals surface area contributed by atoms with E-state index in [4.69, 9.17) is 10.5 Å². The van der Waals surface area contributed by atoms with Gasteiger partial charge in [-0.15, -0.1) is 0 Å². The number of benzene rings is 1. The molecule has 0 saturated carbocycles. The second-order valence-corrected chi connectivity index (χ2v) is 4.96. The van der Waals surface area contributed by atoms with Crippen LogP contribution in [0, 0.1) is 27.4 Å². The van der Waals surface area contributed by atoms with Gasteiger partial charge in [0.1, 0.15) is 11.3 Å². The molecule has 10 heteroatoms. The Kier molecular flexibility index (Phi) is 4.88. The molecule has 1 aliphatic rings. The van der Waals surface area contributed by atoms with Crippen LogP contribution in [0.3, 0.4) is 0 Å². The summed E-state index contributed by atoms with van der Waals surface area (Å²) in [5, 5.41) is 20.4. The summed E-state index contributed by atoms with van der Waals surface area (Å²) >= 11 is 0. The van der Waals surface area contributed by atoms with Crippen LogP contribution in [-0.4, -0.2) is 31.1 Å². The number of nitrogens with two attached hydrogens (primary N) is 1. The third-order valence-corrected chi connectivity index (χ3v) is 3.67. The fourth-order valence-corrected chi connectivity index (χ4v) is 2.54. The number of carbonyl (C=O) groups excluding carboxylic acids is 2. The molecule has 0 saturated heterocycles. The number of nitriles is 1. The first-order chi connectivity index (χ1) is 11.8. The monoisotopic (exact) mass is 347 g/mol. The van der Waals surface area contributed by atoms with Crippen molar-refractivity contribution in [3.05, 3.63) is 45.3 Å². The van der Waals surface area contributed by atoms with E-state index < -0.39 is 28.7 Å². The van der Waals surface area contributed by atoms with E-state index in [1.807, 2.05) is 0 Å². The molecule has 130 valence electrons. The Labute approximate surface area is 141 Å². The fourth-order valence-electron chi connectivity index (χ4n) is 2.54. The Balaban J connectivity index is 2.74. The van der Waals surface area contributed by atoms with E-state index in [-0.39, 0.29) is 28.5 Å². The third kappa shape index (κ3) is 3.07. The molecular weight excluding hydrogens is 334 g/mol. The minimum absolute atomic E-state index is 0.0840. The van der Waals surface area contributed by atoms with Crippen LogP contribution in [-0.2, 0) is 19.1 Å². The first kappa shape index (κ1) is 17.7. The Morgan fingerprint density at radius 3 is 2.60 bits per heavy atom. The van der Waals surface area contributed by atoms with Crippen LogP contribution in [0.15, 0.2) is 29.7 Å². The van der Waals surface area contributed by atoms with Gasteiger partial charge in [-0.2, -0.15) is 5.26 Å². The maximum absolute atomic E-state index is 12.1. The van der Waals surface area contributed by atoms with Gasteiger partial charge in [-0.05, 0) is 6.07 Å². The molecular formula is C15H13N3O7. The number of methoxy groups -OCH3 is 2. The molecule has 0 aliphatic carbocycles. The largest absolute Gasteiger partial charge is 0.468 e. The van der Waals surface area contributed by atoms with Crippen molar-refractivity contribution in [2.24, 2.45) is 11.7 Å². The summed E-state index contributed by atoms with van der Waals surface area (Å²) in [5.74, 6) is -4.85. The lowest BCUT2D eigenvalue weighted by atomic mass is 9.79. The van der Waals surface area contributed by atoms with E-state index in [0.717, 1.165) is 20.3 Å². The van der Waals surface area contributed by atoms with Crippen molar-refractivity contribution in [2.45, 2.75) is 5.92 Å². The molecule has 2 N–H and O–H groups in total. The van der Waals surface area contributed by atoms with E-state index in [1.165, 1.54) is 12.1 Å². The van der Waals surface area contributed by atoms with Crippen molar-refractivity contribution >= 4 is 17.6 Å². The maximum atomic E-state index is 12.1. The van der Waals surface area contributed by atoms with Crippen molar-refractivity contribution < 1.29 is 28.7 Å². The first-order valence-corrected chi connectivity index (χ1v) is 6.87. The number of hydrogen-bond acceptors (Lipinski definition) is 9. The number of nitro groups is 1. The average molecular weight is 347 g/mol. The van der Waals surface area contributed by atoms with Crippen LogP contribution in [0.4, 0.5) is 5.69 Å². The molecule has 0 spiro atoms. The molecule has 25 heavy (non-hydrogen) atoms. The number of rotatable bonds is 4. The van der Waals surface area contributed by atoms with Crippen LogP contribution in [0.1, 0.15) is 11.5 Å². The molecule has 0 fully saturated rings. The lowest BCUT2D eigenvalue weighted by molar-refractivity contribution is -0.385. The molecule has 2 unspecified atom stereocenters. The number of non-ortho nitro benzene ring substituents is 1. The second kappa shape index (κ2) is 6.88. The van der Waals surface area contributed by atoms with Gasteiger partial charge in [0, 0.05) is 17.7 Å². The minimum Gasteiger partial charge on any atom is -0.468 e. The molecule has 0 radical (unpaired) electrons. The molecule has 0 amide bonds. The molecule has 1 aromatic carbocycles. The van der Waals surface area contributed by atoms with Gasteiger partial charge in [-0.1, -0.05) is 0 Å². The summed E-state index contributed by atoms with van der Waals surface area (Å²) < 4.78 is 14.5. The Morgan fingerprint density at radius 2 is 2.08 bits per heavy atom. The standard InChI is InChI=1S/C15H13N3O7/c1-23-14(19)9(6-16)11-8-5-7(18(21)22)3-4-10(8)25-13(17)12(11)15(20)24-2/h3-5,9,11H,17H2,1-2H3. The predicted molar refractivity (Wildman–Crippen MR) is 80.8 cm³/mol. The zero-order chi connectivity index (χ0) is 18.7. The summed E-state index contributed by atoms with van der Waals surface area (Å²) in [7, 11) is 2.16. The van der Waals surface area contributed by atoms with Gasteiger partial charge in [-0.3, -0.25) is 14.9 Å². The van der Waals surface area contributed by atoms with E-state index in [2.05, 4.69) is 9.47 Å². The lowest BCUT2D eigenvalue weighted by Crippen LogP contribution is -2.33. The number of carbonyl (C=O) groups is 2. The highest BCUT2D eigenvalue weighted by atomic mass is 16.6. The van der Waals surface area contributed by atoms with Crippen LogP contribution in [0.5, 0.6) is 5.75 Å². The number of hydrogen-bond donors (Lipinski definition) is 1. The molecule has 10 nitrogen and oxygen atoms in total. The van der Waals surface area contributed by atoms with Gasteiger partial charge in [0.2, 0.25) is 5.88 Å². The Hall–Kier alpha value is -3.61. The summed E-state index contributed by atoms with van der Waals surface area (Å²) in [6.45, 7) is 0. The van der Waals surface area contributed by atoms with Crippen molar-refractivity contribution in [3.63, 3.8) is 0 Å². The highest BCUT2D eigenvalue weighted by Gasteiger charge is 2.43. The average Bonchev–Trinajstić information content (AvgIpc) is 2.60. The number of nitrogens with zero attached hydrogens (tertiary/aromatic N) is 2. The van der Waals surface area contributed by atoms with E-state index >= 15 is 0 Å². The zero-order valence-corrected chi connectivity index (χ0v) is 13.2. The Bertz CT molecular complexity index is 825. The van der Waals surface area contributed by atoms with Gasteiger partial charge in [0.25, 0.3) is 5.69 Å². The second-order valence-electron chi connectivity index (χ2n) is 4.96. The molecule has 2 atom stereocenters. The highest BCUT2D eigenvalue weighted by molar-refractivity contribution is 5.93. The summed E-state index contributed by atoms with van der Waals surface area (Å²) in [4.78, 5) is 34.5. The van der Waals surface area contributed by atoms with Gasteiger partial charge in [0.15, 0.2) is 5.92 Å². The summed E-state index contributed by atoms with van der Waals surface area (Å²) in [6, 6.07) is 5.30. The van der Waals surface area contributed by atoms with Crippen LogP contribution >= 0.6 is 0 Å². The zero-order valence-electron chi connectivity index (χ0n) is 13.2. The normalized spacial score (nSPS) is 16.8. The predicted octanol–water partition coefficient (Wildman–Crippen LogP) is 0.727. The van der Waals surface area contributed by atoms with E-state index in [9.17, 15) is 25.0 Å². The molecule has 1 heterocycles. The van der Waals surface area contributed by atoms with Gasteiger partial charge in [0.05, 0.1) is 31.1 Å². The number of nitro benzene ring substituents is 1. The SMILES string of the molecule is COC(=O)C1=C(N)Oc2ccc([N+](=O)[O-])cc2C1C(C#N)C(=O)OC. The molecule has 0 aromatic heterocycles. The van der Waals surface area contributed by atoms with Crippen LogP contribution in [0.2, 0.25) is 0 Å². The third-order valence-electron chi connectivity index (χ3n) is 3.67. The van der Waals surface area contributed by atoms with Crippen molar-refractivity contribution in [1.29, 1.82) is 5.26 Å². The minimum atomic E-state index is -1.48. The summed E-state index contributed by atoms with van der Waals surface area (Å²) in [5.41, 5.74) is 5.25. The van der Waals surface area contributed by atoms with Crippen molar-refractivity contribution in [3.8, 4) is 11.8 Å². The van der Waals surface area contributed by atoms with Crippen LogP contribution in [0.25, 0.3) is 0 Å². The molecule has 1 aliphatic heterocycles. The maximum Gasteiger partial charge on any atom is 0.339 e. The fraction of sp³-hybridized carbons (Fsp3) is 0.267. The smallest absolute Gasteiger partial charge is 0.339 e. The highest BCUT2D eigenvalue weighted by Crippen LogP contribution is 2.44. The first-order valence-electron chi connectivity index (χ1n) is 6.87. The van der Waals surface area contributed by atoms with Gasteiger partial charge in [-0.25, -0.2) is 4.79 Å². The number of ether oxygens (including phenoxy) is 3. The van der Waals surface area contributed by atoms with E-state index in [0.29, 0.717) is 0 Å². The topological polar surface area (TPSA) is 155 Å². The van der Waals surface area contributed by atoms with Gasteiger partial charge < -0.3 is 19.9 Å². The van der Waals surface area contributed by atoms with E-state index in [1.54, 1.807) is 6.07 Å². The molecule has 2 rings (SSSR count). The van der Waals surface area contributed by atoms with Crippen molar-refractivity contribution in [1.82, 2.24) is 0 Å². The molecule has 0 bridgehead atoms. The van der Waals surface area contributed by atoms with Gasteiger partial charge >= 0.3 is 11.9 Å². The number of fused-ring (bicyclic) bond motifs is 1. The quantitative estimate of drug-likeness (QED) is 0.471. The summed E-state index contributed by atoms with van der Waals surface area (Å²) in [6.07, 6.45) is 0. The molecule has 1 aromatic rings. The number of esters is 2. The Morgan fingerprint density at radius 1 is 1.40 bits per heavy atom. The van der Waals surface area contributed by atoms with Crippen LogP contribution < -0.4 is 10.5 Å². The lowest BCUT2D eigenvalue weighted by Gasteiger charge is -2.29.